The van der Waals surface area contributed by atoms with Gasteiger partial charge >= 0.3 is 7.12 Å². The van der Waals surface area contributed by atoms with Crippen molar-refractivity contribution in [2.45, 2.75) is 19.4 Å². The molecule has 0 aromatic heterocycles. The van der Waals surface area contributed by atoms with Crippen molar-refractivity contribution >= 4 is 18.5 Å². The summed E-state index contributed by atoms with van der Waals surface area (Å²) in [6.07, 6.45) is 0. The van der Waals surface area contributed by atoms with E-state index in [4.69, 9.17) is 14.8 Å². The minimum Gasteiger partial charge on any atom is -0.475 e. The molecule has 1 aliphatic heterocycles. The van der Waals surface area contributed by atoms with Crippen LogP contribution in [-0.4, -0.2) is 35.2 Å². The van der Waals surface area contributed by atoms with Crippen LogP contribution in [0.5, 0.6) is 0 Å². The van der Waals surface area contributed by atoms with Gasteiger partial charge in [0.25, 0.3) is 0 Å². The number of halogens is 1. The molecule has 0 fully saturated rings. The molecule has 0 amide bonds. The maximum Gasteiger partial charge on any atom is 0.488 e. The zero-order valence-electron chi connectivity index (χ0n) is 9.64. The van der Waals surface area contributed by atoms with Crippen molar-refractivity contribution in [1.82, 2.24) is 0 Å². The minimum atomic E-state index is -1.68. The van der Waals surface area contributed by atoms with Crippen molar-refractivity contribution in [3.63, 3.8) is 0 Å². The highest BCUT2D eigenvalue weighted by molar-refractivity contribution is 6.58. The highest BCUT2D eigenvalue weighted by Crippen LogP contribution is 2.21. The Kier molecular flexibility index (Phi) is 2.93. The largest absolute Gasteiger partial charge is 0.488 e. The van der Waals surface area contributed by atoms with Crippen molar-refractivity contribution in [2.75, 3.05) is 6.61 Å². The van der Waals surface area contributed by atoms with Gasteiger partial charge in [0.1, 0.15) is 12.4 Å². The molecule has 2 rings (SSSR count). The zero-order chi connectivity index (χ0) is 12.6. The van der Waals surface area contributed by atoms with Crippen LogP contribution in [0.25, 0.3) is 0 Å². The van der Waals surface area contributed by atoms with Crippen LogP contribution in [-0.2, 0) is 4.74 Å². The summed E-state index contributed by atoms with van der Waals surface area (Å²) in [4.78, 5) is 4.26. The summed E-state index contributed by atoms with van der Waals surface area (Å²) in [7, 11) is -1.68. The molecular formula is C11H13BFNO3. The first-order valence-electron chi connectivity index (χ1n) is 5.28. The molecule has 1 aromatic carbocycles. The Morgan fingerprint density at radius 1 is 1.41 bits per heavy atom. The van der Waals surface area contributed by atoms with E-state index in [1.807, 2.05) is 13.8 Å². The van der Waals surface area contributed by atoms with Gasteiger partial charge in [0.15, 0.2) is 0 Å². The van der Waals surface area contributed by atoms with Gasteiger partial charge in [-0.1, -0.05) is 6.07 Å². The molecule has 0 radical (unpaired) electrons. The molecule has 0 atom stereocenters. The molecular weight excluding hydrogens is 224 g/mol. The average molecular weight is 237 g/mol. The number of hydrogen-bond acceptors (Lipinski definition) is 4. The zero-order valence-corrected chi connectivity index (χ0v) is 9.64. The second kappa shape index (κ2) is 4.12. The number of benzene rings is 1. The van der Waals surface area contributed by atoms with Crippen molar-refractivity contribution < 1.29 is 19.2 Å². The van der Waals surface area contributed by atoms with E-state index in [1.54, 1.807) is 0 Å². The van der Waals surface area contributed by atoms with Crippen molar-refractivity contribution in [3.8, 4) is 0 Å². The van der Waals surface area contributed by atoms with Gasteiger partial charge in [0, 0.05) is 0 Å². The second-order valence-corrected chi connectivity index (χ2v) is 4.63. The third-order valence-electron chi connectivity index (χ3n) is 2.49. The van der Waals surface area contributed by atoms with Crippen LogP contribution in [0.4, 0.5) is 4.39 Å². The van der Waals surface area contributed by atoms with Crippen LogP contribution in [0.15, 0.2) is 23.2 Å². The summed E-state index contributed by atoms with van der Waals surface area (Å²) in [6, 6.07) is 3.93. The predicted molar refractivity (Wildman–Crippen MR) is 62.8 cm³/mol. The lowest BCUT2D eigenvalue weighted by atomic mass is 9.80. The number of aliphatic imine (C=N–C) groups is 1. The molecule has 0 aliphatic carbocycles. The summed E-state index contributed by atoms with van der Waals surface area (Å²) < 4.78 is 19.1. The fraction of sp³-hybridized carbons (Fsp3) is 0.364. The normalized spacial score (nSPS) is 17.6. The minimum absolute atomic E-state index is 0.101. The summed E-state index contributed by atoms with van der Waals surface area (Å²) in [5, 5.41) is 17.8. The molecule has 2 N–H and O–H groups in total. The Hall–Kier alpha value is -1.40. The van der Waals surface area contributed by atoms with E-state index in [1.165, 1.54) is 12.1 Å². The van der Waals surface area contributed by atoms with Crippen molar-refractivity contribution in [2.24, 2.45) is 4.99 Å². The highest BCUT2D eigenvalue weighted by Gasteiger charge is 2.28. The Morgan fingerprint density at radius 2 is 2.12 bits per heavy atom. The van der Waals surface area contributed by atoms with Crippen LogP contribution in [0.2, 0.25) is 0 Å². The van der Waals surface area contributed by atoms with Crippen LogP contribution in [0.3, 0.4) is 0 Å². The van der Waals surface area contributed by atoms with Gasteiger partial charge in [-0.3, -0.25) is 0 Å². The molecule has 90 valence electrons. The number of rotatable bonds is 2. The average Bonchev–Trinajstić information content (AvgIpc) is 2.58. The molecule has 1 aromatic rings. The van der Waals surface area contributed by atoms with E-state index >= 15 is 0 Å². The molecule has 1 aliphatic rings. The first kappa shape index (κ1) is 12.1. The van der Waals surface area contributed by atoms with Gasteiger partial charge in [-0.05, 0) is 31.4 Å². The summed E-state index contributed by atoms with van der Waals surface area (Å²) in [5.41, 5.74) is -0.0131. The highest BCUT2D eigenvalue weighted by atomic mass is 19.1. The third-order valence-corrected chi connectivity index (χ3v) is 2.49. The quantitative estimate of drug-likeness (QED) is 0.715. The molecule has 0 unspecified atom stereocenters. The SMILES string of the molecule is CC1(C)COC(c2ccc(B(O)O)cc2F)=N1. The van der Waals surface area contributed by atoms with Crippen LogP contribution < -0.4 is 5.46 Å². The summed E-state index contributed by atoms with van der Waals surface area (Å²) in [6.45, 7) is 4.19. The maximum absolute atomic E-state index is 13.7. The summed E-state index contributed by atoms with van der Waals surface area (Å²) >= 11 is 0. The van der Waals surface area contributed by atoms with Crippen LogP contribution in [0, 0.1) is 5.82 Å². The molecule has 0 bridgehead atoms. The molecule has 0 spiro atoms. The lowest BCUT2D eigenvalue weighted by molar-refractivity contribution is 0.279. The molecule has 0 saturated heterocycles. The first-order valence-corrected chi connectivity index (χ1v) is 5.28. The molecule has 6 heteroatoms. The lowest BCUT2D eigenvalue weighted by Crippen LogP contribution is -2.30. The van der Waals surface area contributed by atoms with Gasteiger partial charge in [-0.2, -0.15) is 0 Å². The van der Waals surface area contributed by atoms with E-state index in [0.717, 1.165) is 6.07 Å². The van der Waals surface area contributed by atoms with E-state index in [-0.39, 0.29) is 22.5 Å². The van der Waals surface area contributed by atoms with Crippen molar-refractivity contribution in [1.29, 1.82) is 0 Å². The molecule has 0 saturated carbocycles. The fourth-order valence-corrected chi connectivity index (χ4v) is 1.59. The lowest BCUT2D eigenvalue weighted by Gasteiger charge is -2.07. The Morgan fingerprint density at radius 3 is 2.59 bits per heavy atom. The van der Waals surface area contributed by atoms with Gasteiger partial charge < -0.3 is 14.8 Å². The Bertz CT molecular complexity index is 474. The van der Waals surface area contributed by atoms with Gasteiger partial charge in [-0.15, -0.1) is 0 Å². The number of nitrogens with zero attached hydrogens (tertiary/aromatic N) is 1. The van der Waals surface area contributed by atoms with E-state index in [2.05, 4.69) is 4.99 Å². The standard InChI is InChI=1S/C11H13BFNO3/c1-11(2)6-17-10(14-11)8-4-3-7(12(15)16)5-9(8)13/h3-5,15-16H,6H2,1-2H3. The predicted octanol–water partition coefficient (Wildman–Crippen LogP) is 0.0609. The van der Waals surface area contributed by atoms with Gasteiger partial charge in [-0.25, -0.2) is 9.38 Å². The Balaban J connectivity index is 2.35. The third kappa shape index (κ3) is 2.48. The Labute approximate surface area is 98.9 Å². The monoisotopic (exact) mass is 237 g/mol. The number of hydrogen-bond donors (Lipinski definition) is 2. The van der Waals surface area contributed by atoms with E-state index < -0.39 is 12.9 Å². The topological polar surface area (TPSA) is 62.0 Å². The maximum atomic E-state index is 13.7. The van der Waals surface area contributed by atoms with Gasteiger partial charge in [0.05, 0.1) is 11.1 Å². The van der Waals surface area contributed by atoms with Gasteiger partial charge in [0.2, 0.25) is 5.90 Å². The van der Waals surface area contributed by atoms with Crippen LogP contribution >= 0.6 is 0 Å². The number of ether oxygens (including phenoxy) is 1. The van der Waals surface area contributed by atoms with Crippen molar-refractivity contribution in [3.05, 3.63) is 29.6 Å². The van der Waals surface area contributed by atoms with Crippen LogP contribution in [0.1, 0.15) is 19.4 Å². The van der Waals surface area contributed by atoms with E-state index in [9.17, 15) is 4.39 Å². The second-order valence-electron chi connectivity index (χ2n) is 4.63. The summed E-state index contributed by atoms with van der Waals surface area (Å²) in [5.74, 6) is -0.321. The molecule has 4 nitrogen and oxygen atoms in total. The first-order chi connectivity index (χ1) is 7.89. The molecule has 17 heavy (non-hydrogen) atoms. The molecule has 1 heterocycles. The smallest absolute Gasteiger partial charge is 0.475 e. The fourth-order valence-electron chi connectivity index (χ4n) is 1.59. The van der Waals surface area contributed by atoms with E-state index in [0.29, 0.717) is 6.61 Å².